The number of aromatic nitrogens is 2. The molecule has 0 radical (unpaired) electrons. The van der Waals surface area contributed by atoms with E-state index in [2.05, 4.69) is 10.3 Å². The fourth-order valence-corrected chi connectivity index (χ4v) is 5.00. The van der Waals surface area contributed by atoms with Crippen LogP contribution < -0.4 is 26.9 Å². The zero-order valence-electron chi connectivity index (χ0n) is 17.0. The van der Waals surface area contributed by atoms with Crippen LogP contribution in [0.3, 0.4) is 0 Å². The van der Waals surface area contributed by atoms with Gasteiger partial charge in [0, 0.05) is 40.0 Å². The molecule has 4 aromatic rings. The van der Waals surface area contributed by atoms with E-state index in [0.717, 1.165) is 45.9 Å². The number of aromatic amines is 1. The molecule has 0 bridgehead atoms. The van der Waals surface area contributed by atoms with E-state index in [9.17, 15) is 9.59 Å². The first-order valence-corrected chi connectivity index (χ1v) is 10.7. The number of H-pyrrole nitrogens is 1. The van der Waals surface area contributed by atoms with E-state index < -0.39 is 0 Å². The average Bonchev–Trinajstić information content (AvgIpc) is 3.30. The first kappa shape index (κ1) is 19.9. The van der Waals surface area contributed by atoms with Crippen molar-refractivity contribution in [3.8, 4) is 5.69 Å². The number of pyridine rings is 1. The smallest absolute Gasteiger partial charge is 0.284 e. The third-order valence-electron chi connectivity index (χ3n) is 6.53. The van der Waals surface area contributed by atoms with Gasteiger partial charge in [0.15, 0.2) is 6.20 Å². The number of nitrogens with zero attached hydrogens (tertiary/aromatic N) is 1. The third kappa shape index (κ3) is 3.08. The summed E-state index contributed by atoms with van der Waals surface area (Å²) in [7, 11) is 0. The lowest BCUT2D eigenvalue weighted by molar-refractivity contribution is -0.592. The van der Waals surface area contributed by atoms with E-state index >= 15 is 0 Å². The van der Waals surface area contributed by atoms with Crippen molar-refractivity contribution >= 4 is 33.5 Å². The normalized spacial score (nSPS) is 15.5. The standard InChI is InChI=1S/C25H21N3O2.BrH/c29-24-18-8-4-5-9-21(18)28-13-12-17-19-14-15(10-11-20(19)27-22(17)23(24)28)25(30)26-16-6-2-1-3-7-16;/h4-5,8-14,16H,1-3,6-7H2,(H,26,30);1H. The minimum absolute atomic E-state index is 0. The summed E-state index contributed by atoms with van der Waals surface area (Å²) < 4.78 is 1.95. The molecule has 5 nitrogen and oxygen atoms in total. The highest BCUT2D eigenvalue weighted by molar-refractivity contribution is 6.20. The number of fused-ring (bicyclic) bond motifs is 7. The van der Waals surface area contributed by atoms with Gasteiger partial charge in [-0.05, 0) is 37.1 Å². The Morgan fingerprint density at radius 1 is 1.00 bits per heavy atom. The van der Waals surface area contributed by atoms with Gasteiger partial charge in [0.25, 0.3) is 17.4 Å². The lowest BCUT2D eigenvalue weighted by atomic mass is 9.95. The molecule has 1 amide bonds. The molecule has 1 aliphatic heterocycles. The molecule has 0 saturated heterocycles. The van der Waals surface area contributed by atoms with Crippen molar-refractivity contribution in [1.29, 1.82) is 0 Å². The van der Waals surface area contributed by atoms with Crippen molar-refractivity contribution in [2.45, 2.75) is 38.1 Å². The number of carbonyl (C=O) groups is 2. The van der Waals surface area contributed by atoms with Crippen molar-refractivity contribution in [2.24, 2.45) is 0 Å². The van der Waals surface area contributed by atoms with E-state index in [1.54, 1.807) is 0 Å². The second-order valence-corrected chi connectivity index (χ2v) is 8.36. The van der Waals surface area contributed by atoms with Gasteiger partial charge >= 0.3 is 0 Å². The van der Waals surface area contributed by atoms with E-state index in [1.807, 2.05) is 59.3 Å². The number of hydrogen-bond acceptors (Lipinski definition) is 2. The summed E-state index contributed by atoms with van der Waals surface area (Å²) in [6, 6.07) is 15.7. The summed E-state index contributed by atoms with van der Waals surface area (Å²) >= 11 is 0. The van der Waals surface area contributed by atoms with Crippen LogP contribution in [0, 0.1) is 0 Å². The van der Waals surface area contributed by atoms with Crippen LogP contribution in [0.2, 0.25) is 0 Å². The molecule has 1 saturated carbocycles. The number of rotatable bonds is 2. The zero-order chi connectivity index (χ0) is 20.2. The number of hydrogen-bond donors (Lipinski definition) is 2. The van der Waals surface area contributed by atoms with Crippen LogP contribution in [0.1, 0.15) is 58.5 Å². The third-order valence-corrected chi connectivity index (χ3v) is 6.53. The summed E-state index contributed by atoms with van der Waals surface area (Å²) in [6.07, 6.45) is 7.71. The lowest BCUT2D eigenvalue weighted by Gasteiger charge is -2.22. The lowest BCUT2D eigenvalue weighted by Crippen LogP contribution is -3.00. The Kier molecular flexibility index (Phi) is 4.89. The molecule has 6 heteroatoms. The predicted octanol–water partition coefficient (Wildman–Crippen LogP) is 1.21. The van der Waals surface area contributed by atoms with Crippen LogP contribution in [-0.4, -0.2) is 22.7 Å². The summed E-state index contributed by atoms with van der Waals surface area (Å²) in [5.41, 5.74) is 4.69. The van der Waals surface area contributed by atoms with Gasteiger partial charge in [0.1, 0.15) is 11.1 Å². The second kappa shape index (κ2) is 7.61. The summed E-state index contributed by atoms with van der Waals surface area (Å²) in [4.78, 5) is 29.3. The number of benzene rings is 2. The van der Waals surface area contributed by atoms with Crippen molar-refractivity contribution in [3.63, 3.8) is 0 Å². The van der Waals surface area contributed by atoms with Crippen LogP contribution in [0.5, 0.6) is 0 Å². The largest absolute Gasteiger partial charge is 1.00 e. The molecule has 156 valence electrons. The van der Waals surface area contributed by atoms with Gasteiger partial charge in [-0.3, -0.25) is 9.59 Å². The quantitative estimate of drug-likeness (QED) is 0.377. The maximum atomic E-state index is 13.1. The Labute approximate surface area is 190 Å². The maximum Gasteiger partial charge on any atom is 0.284 e. The number of amides is 1. The molecule has 1 fully saturated rings. The van der Waals surface area contributed by atoms with Gasteiger partial charge in [-0.15, -0.1) is 0 Å². The number of para-hydroxylation sites is 1. The van der Waals surface area contributed by atoms with Crippen molar-refractivity contribution in [2.75, 3.05) is 0 Å². The Hall–Kier alpha value is -2.99. The highest BCUT2D eigenvalue weighted by Gasteiger charge is 2.38. The van der Waals surface area contributed by atoms with Gasteiger partial charge in [-0.2, -0.15) is 4.57 Å². The number of halogens is 1. The maximum absolute atomic E-state index is 13.1. The molecule has 3 heterocycles. The van der Waals surface area contributed by atoms with Crippen molar-refractivity contribution in [1.82, 2.24) is 10.3 Å². The molecule has 0 unspecified atom stereocenters. The Morgan fingerprint density at radius 3 is 2.65 bits per heavy atom. The number of ketones is 1. The van der Waals surface area contributed by atoms with Gasteiger partial charge in [0.05, 0.1) is 0 Å². The molecule has 0 atom stereocenters. The minimum Gasteiger partial charge on any atom is -1.00 e. The summed E-state index contributed by atoms with van der Waals surface area (Å²) in [6.45, 7) is 0. The molecule has 31 heavy (non-hydrogen) atoms. The Morgan fingerprint density at radius 2 is 1.81 bits per heavy atom. The SMILES string of the molecule is O=C(NC1CCCCC1)c1ccc2[nH]c3c4[n+](ccc3c2c1)-c1ccccc1C4=O.[Br-]. The monoisotopic (exact) mass is 475 g/mol. The Bertz CT molecular complexity index is 1350. The molecule has 6 rings (SSSR count). The first-order chi connectivity index (χ1) is 14.7. The van der Waals surface area contributed by atoms with Crippen LogP contribution in [0.25, 0.3) is 27.5 Å². The molecule has 2 aromatic heterocycles. The molecule has 2 aromatic carbocycles. The van der Waals surface area contributed by atoms with Crippen LogP contribution in [0.15, 0.2) is 54.7 Å². The minimum atomic E-state index is -0.0165. The first-order valence-electron chi connectivity index (χ1n) is 10.7. The van der Waals surface area contributed by atoms with E-state index in [0.29, 0.717) is 11.3 Å². The molecule has 0 spiro atoms. The van der Waals surface area contributed by atoms with Crippen LogP contribution in [0.4, 0.5) is 0 Å². The highest BCUT2D eigenvalue weighted by atomic mass is 79.9. The fourth-order valence-electron chi connectivity index (χ4n) is 5.00. The summed E-state index contributed by atoms with van der Waals surface area (Å²) in [5, 5.41) is 5.12. The van der Waals surface area contributed by atoms with Crippen LogP contribution >= 0.6 is 0 Å². The van der Waals surface area contributed by atoms with E-state index in [-0.39, 0.29) is 34.7 Å². The van der Waals surface area contributed by atoms with Gasteiger partial charge in [-0.25, -0.2) is 0 Å². The molecular formula is C25H22BrN3O2. The second-order valence-electron chi connectivity index (χ2n) is 8.36. The molecule has 1 aliphatic carbocycles. The van der Waals surface area contributed by atoms with Crippen molar-refractivity contribution in [3.05, 3.63) is 71.5 Å². The molecule has 2 aliphatic rings. The predicted molar refractivity (Wildman–Crippen MR) is 115 cm³/mol. The zero-order valence-corrected chi connectivity index (χ0v) is 18.5. The van der Waals surface area contributed by atoms with E-state index in [1.165, 1.54) is 19.3 Å². The van der Waals surface area contributed by atoms with Gasteiger partial charge < -0.3 is 27.3 Å². The fraction of sp³-hybridized carbons (Fsp3) is 0.240. The molecular weight excluding hydrogens is 454 g/mol. The van der Waals surface area contributed by atoms with Crippen molar-refractivity contribution < 1.29 is 31.1 Å². The van der Waals surface area contributed by atoms with Gasteiger partial charge in [0.2, 0.25) is 5.69 Å². The summed E-state index contributed by atoms with van der Waals surface area (Å²) in [5.74, 6) is 0.00943. The number of carbonyl (C=O) groups excluding carboxylic acids is 2. The van der Waals surface area contributed by atoms with E-state index in [4.69, 9.17) is 0 Å². The molecule has 2 N–H and O–H groups in total. The Balaban J connectivity index is 0.00000204. The van der Waals surface area contributed by atoms with Gasteiger partial charge in [-0.1, -0.05) is 31.4 Å². The van der Waals surface area contributed by atoms with Crippen LogP contribution in [-0.2, 0) is 0 Å². The highest BCUT2D eigenvalue weighted by Crippen LogP contribution is 2.31. The number of nitrogens with one attached hydrogen (secondary N) is 2. The average molecular weight is 476 g/mol. The topological polar surface area (TPSA) is 65.8 Å².